The van der Waals surface area contributed by atoms with Crippen molar-refractivity contribution < 1.29 is 18.8 Å². The van der Waals surface area contributed by atoms with Gasteiger partial charge in [-0.05, 0) is 30.7 Å². The zero-order valence-electron chi connectivity index (χ0n) is 13.2. The molecule has 1 aromatic heterocycles. The van der Waals surface area contributed by atoms with E-state index < -0.39 is 0 Å². The molecule has 0 spiro atoms. The highest BCUT2D eigenvalue weighted by atomic mass is 35.5. The van der Waals surface area contributed by atoms with Gasteiger partial charge in [0.15, 0.2) is 5.76 Å². The molecule has 1 aliphatic heterocycles. The Morgan fingerprint density at radius 3 is 2.96 bits per heavy atom. The number of nitrogens with zero attached hydrogens (tertiary/aromatic N) is 1. The molecule has 3 rings (SSSR count). The molecule has 0 radical (unpaired) electrons. The maximum Gasteiger partial charge on any atom is 0.226 e. The highest BCUT2D eigenvalue weighted by molar-refractivity contribution is 6.30. The van der Waals surface area contributed by atoms with Crippen LogP contribution in [0.4, 0.5) is 0 Å². The van der Waals surface area contributed by atoms with E-state index in [0.29, 0.717) is 34.7 Å². The zero-order valence-corrected chi connectivity index (χ0v) is 13.9. The predicted molar refractivity (Wildman–Crippen MR) is 87.9 cm³/mol. The lowest BCUT2D eigenvalue weighted by molar-refractivity contribution is -0.120. The van der Waals surface area contributed by atoms with Gasteiger partial charge in [-0.1, -0.05) is 16.8 Å². The summed E-state index contributed by atoms with van der Waals surface area (Å²) in [5.41, 5.74) is 0.588. The van der Waals surface area contributed by atoms with Crippen molar-refractivity contribution in [1.82, 2.24) is 10.5 Å². The van der Waals surface area contributed by atoms with E-state index in [9.17, 15) is 4.79 Å². The Morgan fingerprint density at radius 2 is 2.21 bits per heavy atom. The van der Waals surface area contributed by atoms with Gasteiger partial charge < -0.3 is 19.3 Å². The fourth-order valence-corrected chi connectivity index (χ4v) is 2.55. The molecule has 1 unspecified atom stereocenters. The van der Waals surface area contributed by atoms with E-state index in [-0.39, 0.29) is 18.9 Å². The Kier molecular flexibility index (Phi) is 5.72. The number of benzene rings is 1. The first-order valence-corrected chi connectivity index (χ1v) is 8.24. The molecule has 128 valence electrons. The van der Waals surface area contributed by atoms with E-state index >= 15 is 0 Å². The fraction of sp³-hybridized carbons (Fsp3) is 0.412. The van der Waals surface area contributed by atoms with Gasteiger partial charge in [0.25, 0.3) is 0 Å². The second-order valence-corrected chi connectivity index (χ2v) is 6.17. The van der Waals surface area contributed by atoms with E-state index in [1.807, 2.05) is 0 Å². The van der Waals surface area contributed by atoms with Crippen molar-refractivity contribution in [2.24, 2.45) is 5.92 Å². The third kappa shape index (κ3) is 4.97. The number of nitrogens with one attached hydrogen (secondary N) is 1. The first kappa shape index (κ1) is 16.8. The molecule has 1 aliphatic rings. The maximum atomic E-state index is 11.9. The third-order valence-electron chi connectivity index (χ3n) is 3.76. The van der Waals surface area contributed by atoms with Gasteiger partial charge >= 0.3 is 0 Å². The molecule has 7 heteroatoms. The molecule has 1 N–H and O–H groups in total. The van der Waals surface area contributed by atoms with Gasteiger partial charge in [0.2, 0.25) is 5.91 Å². The summed E-state index contributed by atoms with van der Waals surface area (Å²) >= 11 is 5.82. The molecule has 1 aromatic carbocycles. The summed E-state index contributed by atoms with van der Waals surface area (Å²) in [6.07, 6.45) is 1.19. The molecule has 2 aromatic rings. The van der Waals surface area contributed by atoms with Crippen LogP contribution >= 0.6 is 11.6 Å². The van der Waals surface area contributed by atoms with Crippen LogP contribution in [-0.4, -0.2) is 30.8 Å². The summed E-state index contributed by atoms with van der Waals surface area (Å²) in [4.78, 5) is 11.9. The Morgan fingerprint density at radius 1 is 1.38 bits per heavy atom. The fourth-order valence-electron chi connectivity index (χ4n) is 2.42. The molecule has 1 atom stereocenters. The summed E-state index contributed by atoms with van der Waals surface area (Å²) in [7, 11) is 0. The van der Waals surface area contributed by atoms with Gasteiger partial charge in [-0.2, -0.15) is 0 Å². The summed E-state index contributed by atoms with van der Waals surface area (Å²) in [6, 6.07) is 8.79. The van der Waals surface area contributed by atoms with Gasteiger partial charge in [-0.25, -0.2) is 0 Å². The lowest BCUT2D eigenvalue weighted by atomic mass is 10.1. The molecule has 0 saturated carbocycles. The van der Waals surface area contributed by atoms with Crippen molar-refractivity contribution in [3.63, 3.8) is 0 Å². The predicted octanol–water partition coefficient (Wildman–Crippen LogP) is 2.60. The molecule has 24 heavy (non-hydrogen) atoms. The van der Waals surface area contributed by atoms with Gasteiger partial charge in [-0.15, -0.1) is 0 Å². The monoisotopic (exact) mass is 350 g/mol. The largest absolute Gasteiger partial charge is 0.486 e. The topological polar surface area (TPSA) is 73.6 Å². The van der Waals surface area contributed by atoms with Crippen molar-refractivity contribution in [3.05, 3.63) is 46.8 Å². The molecule has 6 nitrogen and oxygen atoms in total. The van der Waals surface area contributed by atoms with Crippen LogP contribution in [0.25, 0.3) is 0 Å². The number of hydrogen-bond donors (Lipinski definition) is 1. The summed E-state index contributed by atoms with van der Waals surface area (Å²) < 4.78 is 16.0. The van der Waals surface area contributed by atoms with E-state index in [2.05, 4.69) is 10.5 Å². The minimum absolute atomic E-state index is 0.0691. The van der Waals surface area contributed by atoms with Crippen molar-refractivity contribution in [2.75, 3.05) is 19.8 Å². The molecular formula is C17H19ClN2O4. The highest BCUT2D eigenvalue weighted by Crippen LogP contribution is 2.17. The number of carbonyl (C=O) groups excluding carboxylic acids is 1. The van der Waals surface area contributed by atoms with Crippen molar-refractivity contribution in [3.8, 4) is 5.75 Å². The number of hydrogen-bond acceptors (Lipinski definition) is 5. The minimum Gasteiger partial charge on any atom is -0.486 e. The Hall–Kier alpha value is -2.05. The second-order valence-electron chi connectivity index (χ2n) is 5.74. The summed E-state index contributed by atoms with van der Waals surface area (Å²) in [6.45, 7) is 2.39. The molecule has 1 saturated heterocycles. The van der Waals surface area contributed by atoms with Crippen LogP contribution in [0.3, 0.4) is 0 Å². The minimum atomic E-state index is -0.0691. The van der Waals surface area contributed by atoms with Crippen LogP contribution < -0.4 is 10.1 Å². The number of carbonyl (C=O) groups is 1. The van der Waals surface area contributed by atoms with Gasteiger partial charge in [0.05, 0.1) is 18.7 Å². The van der Waals surface area contributed by atoms with Gasteiger partial charge in [0, 0.05) is 30.2 Å². The molecule has 1 amide bonds. The van der Waals surface area contributed by atoms with Crippen molar-refractivity contribution in [2.45, 2.75) is 19.4 Å². The average Bonchev–Trinajstić information content (AvgIpc) is 3.24. The van der Waals surface area contributed by atoms with E-state index in [1.165, 1.54) is 0 Å². The lowest BCUT2D eigenvalue weighted by Crippen LogP contribution is -2.30. The Labute approximate surface area is 145 Å². The molecular weight excluding hydrogens is 332 g/mol. The Balaban J connectivity index is 1.42. The van der Waals surface area contributed by atoms with Crippen molar-refractivity contribution >= 4 is 17.5 Å². The highest BCUT2D eigenvalue weighted by Gasteiger charge is 2.17. The molecule has 0 bridgehead atoms. The van der Waals surface area contributed by atoms with Crippen LogP contribution in [0, 0.1) is 5.92 Å². The van der Waals surface area contributed by atoms with Crippen LogP contribution in [0.1, 0.15) is 17.9 Å². The number of halogens is 1. The smallest absolute Gasteiger partial charge is 0.226 e. The van der Waals surface area contributed by atoms with E-state index in [4.69, 9.17) is 25.6 Å². The quantitative estimate of drug-likeness (QED) is 0.830. The van der Waals surface area contributed by atoms with E-state index in [1.54, 1.807) is 30.3 Å². The van der Waals surface area contributed by atoms with Crippen LogP contribution in [-0.2, 0) is 22.6 Å². The first-order chi connectivity index (χ1) is 11.7. The average molecular weight is 351 g/mol. The standard InChI is InChI=1S/C17H19ClN2O4/c18-13-1-3-15(4-2-13)23-11-16-7-14(20-24-16)8-17(21)19-9-12-5-6-22-10-12/h1-4,7,12H,5-6,8-11H2,(H,19,21). The lowest BCUT2D eigenvalue weighted by Gasteiger charge is -2.08. The molecule has 2 heterocycles. The van der Waals surface area contributed by atoms with Gasteiger partial charge in [0.1, 0.15) is 12.4 Å². The summed E-state index contributed by atoms with van der Waals surface area (Å²) in [5, 5.41) is 7.45. The van der Waals surface area contributed by atoms with Crippen LogP contribution in [0.2, 0.25) is 5.02 Å². The Bertz CT molecular complexity index is 665. The molecule has 1 fully saturated rings. The number of ether oxygens (including phenoxy) is 2. The van der Waals surface area contributed by atoms with Crippen LogP contribution in [0.5, 0.6) is 5.75 Å². The summed E-state index contributed by atoms with van der Waals surface area (Å²) in [5.74, 6) is 1.60. The van der Waals surface area contributed by atoms with Gasteiger partial charge in [-0.3, -0.25) is 4.79 Å². The number of amides is 1. The third-order valence-corrected chi connectivity index (χ3v) is 4.01. The zero-order chi connectivity index (χ0) is 16.8. The number of rotatable bonds is 7. The maximum absolute atomic E-state index is 11.9. The number of aromatic nitrogens is 1. The SMILES string of the molecule is O=C(Cc1cc(COc2ccc(Cl)cc2)on1)NCC1CCOC1. The normalized spacial score (nSPS) is 17.0. The van der Waals surface area contributed by atoms with E-state index in [0.717, 1.165) is 19.6 Å². The van der Waals surface area contributed by atoms with Crippen LogP contribution in [0.15, 0.2) is 34.9 Å². The van der Waals surface area contributed by atoms with Crippen molar-refractivity contribution in [1.29, 1.82) is 0 Å². The second kappa shape index (κ2) is 8.17. The molecule has 0 aliphatic carbocycles. The first-order valence-electron chi connectivity index (χ1n) is 7.86.